The molecule has 0 aromatic heterocycles. The van der Waals surface area contributed by atoms with E-state index in [1.807, 2.05) is 0 Å². The van der Waals surface area contributed by atoms with Crippen LogP contribution in [-0.4, -0.2) is 29.8 Å². The summed E-state index contributed by atoms with van der Waals surface area (Å²) in [5, 5.41) is 0. The fourth-order valence-electron chi connectivity index (χ4n) is 3.07. The molecule has 2 fully saturated rings. The van der Waals surface area contributed by atoms with Crippen LogP contribution in [0.4, 0.5) is 13.2 Å². The van der Waals surface area contributed by atoms with Gasteiger partial charge in [-0.15, -0.1) is 0 Å². The maximum absolute atomic E-state index is 12.8. The van der Waals surface area contributed by atoms with Crippen LogP contribution in [0.1, 0.15) is 24.0 Å². The zero-order valence-corrected chi connectivity index (χ0v) is 11.3. The summed E-state index contributed by atoms with van der Waals surface area (Å²) in [6, 6.07) is 5.04. The maximum Gasteiger partial charge on any atom is 0.417 e. The first kappa shape index (κ1) is 14.2. The van der Waals surface area contributed by atoms with Crippen molar-refractivity contribution in [2.45, 2.75) is 25.1 Å². The van der Waals surface area contributed by atoms with Crippen LogP contribution in [0.15, 0.2) is 24.3 Å². The van der Waals surface area contributed by atoms with Crippen LogP contribution in [0.5, 0.6) is 0 Å². The SMILES string of the molecule is O=C1C2CCN(C2)C1CC#Cc1ccccc1C(F)(F)F. The molecule has 3 atom stereocenters. The third kappa shape index (κ3) is 2.68. The molecule has 2 saturated heterocycles. The first-order valence-electron chi connectivity index (χ1n) is 6.89. The summed E-state index contributed by atoms with van der Waals surface area (Å²) in [5.74, 6) is 5.64. The lowest BCUT2D eigenvalue weighted by molar-refractivity contribution is -0.137. The number of rotatable bonds is 1. The standard InChI is InChI=1S/C16H14F3NO/c17-16(18,19)13-6-2-1-4-11(13)5-3-7-14-15(21)12-8-9-20(14)10-12/h1-2,4,6,12,14H,7-10H2. The van der Waals surface area contributed by atoms with E-state index in [1.165, 1.54) is 18.2 Å². The van der Waals surface area contributed by atoms with Crippen molar-refractivity contribution in [1.82, 2.24) is 4.90 Å². The Bertz CT molecular complexity index is 626. The van der Waals surface area contributed by atoms with Crippen LogP contribution in [0.2, 0.25) is 0 Å². The molecule has 2 heterocycles. The lowest BCUT2D eigenvalue weighted by atomic mass is 9.97. The van der Waals surface area contributed by atoms with Crippen LogP contribution in [0, 0.1) is 17.8 Å². The van der Waals surface area contributed by atoms with E-state index in [0.717, 1.165) is 25.6 Å². The Labute approximate surface area is 120 Å². The number of hydrogen-bond donors (Lipinski definition) is 0. The summed E-state index contributed by atoms with van der Waals surface area (Å²) >= 11 is 0. The minimum absolute atomic E-state index is 0.0318. The lowest BCUT2D eigenvalue weighted by Crippen LogP contribution is -2.35. The number of carbonyl (C=O) groups excluding carboxylic acids is 1. The van der Waals surface area contributed by atoms with Gasteiger partial charge in [0.25, 0.3) is 0 Å². The van der Waals surface area contributed by atoms with Gasteiger partial charge in [0.1, 0.15) is 0 Å². The van der Waals surface area contributed by atoms with E-state index in [0.29, 0.717) is 6.42 Å². The molecular weight excluding hydrogens is 279 g/mol. The van der Waals surface area contributed by atoms with E-state index in [1.54, 1.807) is 0 Å². The van der Waals surface area contributed by atoms with Gasteiger partial charge in [-0.3, -0.25) is 9.69 Å². The van der Waals surface area contributed by atoms with Gasteiger partial charge in [-0.05, 0) is 25.1 Å². The van der Waals surface area contributed by atoms with E-state index >= 15 is 0 Å². The predicted octanol–water partition coefficient (Wildman–Crippen LogP) is 2.72. The normalized spacial score (nSPS) is 27.6. The molecule has 0 spiro atoms. The number of nitrogens with zero attached hydrogens (tertiary/aromatic N) is 1. The molecule has 21 heavy (non-hydrogen) atoms. The van der Waals surface area contributed by atoms with Crippen LogP contribution < -0.4 is 0 Å². The Morgan fingerprint density at radius 1 is 1.29 bits per heavy atom. The zero-order chi connectivity index (χ0) is 15.0. The molecule has 0 radical (unpaired) electrons. The van der Waals surface area contributed by atoms with Gasteiger partial charge in [-0.2, -0.15) is 13.2 Å². The number of Topliss-reactive ketones (excluding diaryl/α,β-unsaturated/α-hetero) is 1. The van der Waals surface area contributed by atoms with Crippen LogP contribution in [0.3, 0.4) is 0 Å². The summed E-state index contributed by atoms with van der Waals surface area (Å²) in [4.78, 5) is 14.0. The average Bonchev–Trinajstić information content (AvgIpc) is 3.01. The molecule has 1 aromatic rings. The van der Waals surface area contributed by atoms with Crippen molar-refractivity contribution in [2.24, 2.45) is 5.92 Å². The maximum atomic E-state index is 12.8. The van der Waals surface area contributed by atoms with Gasteiger partial charge < -0.3 is 0 Å². The Balaban J connectivity index is 1.76. The monoisotopic (exact) mass is 293 g/mol. The molecule has 2 aliphatic heterocycles. The third-order valence-corrected chi connectivity index (χ3v) is 4.14. The molecule has 3 rings (SSSR count). The minimum Gasteiger partial charge on any atom is -0.298 e. The Hall–Kier alpha value is -1.80. The quantitative estimate of drug-likeness (QED) is 0.742. The molecule has 2 nitrogen and oxygen atoms in total. The smallest absolute Gasteiger partial charge is 0.298 e. The van der Waals surface area contributed by atoms with E-state index in [-0.39, 0.29) is 23.3 Å². The summed E-state index contributed by atoms with van der Waals surface area (Å²) in [6.07, 6.45) is -3.20. The molecule has 0 amide bonds. The van der Waals surface area contributed by atoms with Crippen LogP contribution >= 0.6 is 0 Å². The molecule has 2 aliphatic rings. The highest BCUT2D eigenvalue weighted by atomic mass is 19.4. The molecule has 1 aromatic carbocycles. The zero-order valence-electron chi connectivity index (χ0n) is 11.3. The number of alkyl halides is 3. The first-order valence-corrected chi connectivity index (χ1v) is 6.89. The van der Waals surface area contributed by atoms with Gasteiger partial charge >= 0.3 is 6.18 Å². The Kier molecular flexibility index (Phi) is 3.50. The second kappa shape index (κ2) is 5.19. The minimum atomic E-state index is -4.41. The average molecular weight is 293 g/mol. The van der Waals surface area contributed by atoms with E-state index in [9.17, 15) is 18.0 Å². The third-order valence-electron chi connectivity index (χ3n) is 4.14. The molecule has 0 N–H and O–H groups in total. The number of halogens is 3. The van der Waals surface area contributed by atoms with Crippen LogP contribution in [-0.2, 0) is 11.0 Å². The highest BCUT2D eigenvalue weighted by Crippen LogP contribution is 2.32. The van der Waals surface area contributed by atoms with Gasteiger partial charge in [0.2, 0.25) is 0 Å². The summed E-state index contributed by atoms with van der Waals surface area (Å²) in [7, 11) is 0. The second-order valence-corrected chi connectivity index (χ2v) is 5.45. The summed E-state index contributed by atoms with van der Waals surface area (Å²) in [6.45, 7) is 1.67. The summed E-state index contributed by atoms with van der Waals surface area (Å²) in [5.41, 5.74) is -0.757. The van der Waals surface area contributed by atoms with Gasteiger partial charge in [-0.25, -0.2) is 0 Å². The number of carbonyl (C=O) groups is 1. The second-order valence-electron chi connectivity index (χ2n) is 5.45. The van der Waals surface area contributed by atoms with Crippen molar-refractivity contribution >= 4 is 5.78 Å². The molecule has 5 heteroatoms. The van der Waals surface area contributed by atoms with E-state index in [2.05, 4.69) is 16.7 Å². The van der Waals surface area contributed by atoms with Crippen molar-refractivity contribution in [3.63, 3.8) is 0 Å². The number of fused-ring (bicyclic) bond motifs is 2. The van der Waals surface area contributed by atoms with Crippen molar-refractivity contribution in [3.05, 3.63) is 35.4 Å². The first-order chi connectivity index (χ1) is 9.97. The molecule has 2 bridgehead atoms. The number of piperidine rings is 1. The van der Waals surface area contributed by atoms with Crippen molar-refractivity contribution in [3.8, 4) is 11.8 Å². The van der Waals surface area contributed by atoms with E-state index < -0.39 is 11.7 Å². The fourth-order valence-corrected chi connectivity index (χ4v) is 3.07. The van der Waals surface area contributed by atoms with Crippen molar-refractivity contribution in [1.29, 1.82) is 0 Å². The van der Waals surface area contributed by atoms with Crippen molar-refractivity contribution < 1.29 is 18.0 Å². The van der Waals surface area contributed by atoms with Gasteiger partial charge in [-0.1, -0.05) is 24.0 Å². The largest absolute Gasteiger partial charge is 0.417 e. The molecule has 110 valence electrons. The Morgan fingerprint density at radius 3 is 2.71 bits per heavy atom. The molecule has 3 unspecified atom stereocenters. The van der Waals surface area contributed by atoms with Crippen molar-refractivity contribution in [2.75, 3.05) is 13.1 Å². The number of hydrogen-bond acceptors (Lipinski definition) is 2. The van der Waals surface area contributed by atoms with Gasteiger partial charge in [0.05, 0.1) is 11.6 Å². The van der Waals surface area contributed by atoms with Gasteiger partial charge in [0.15, 0.2) is 5.78 Å². The molecule has 0 aliphatic carbocycles. The molecular formula is C16H14F3NO. The van der Waals surface area contributed by atoms with E-state index in [4.69, 9.17) is 0 Å². The molecule has 0 saturated carbocycles. The fraction of sp³-hybridized carbons (Fsp3) is 0.438. The number of ketones is 1. The van der Waals surface area contributed by atoms with Gasteiger partial charge in [0, 0.05) is 24.4 Å². The lowest BCUT2D eigenvalue weighted by Gasteiger charge is -2.21. The highest BCUT2D eigenvalue weighted by molar-refractivity contribution is 5.89. The summed E-state index contributed by atoms with van der Waals surface area (Å²) < 4.78 is 38.5. The highest BCUT2D eigenvalue weighted by Gasteiger charge is 2.44. The topological polar surface area (TPSA) is 20.3 Å². The number of benzene rings is 1. The predicted molar refractivity (Wildman–Crippen MR) is 71.4 cm³/mol. The van der Waals surface area contributed by atoms with Crippen LogP contribution in [0.25, 0.3) is 0 Å². The Morgan fingerprint density at radius 2 is 2.05 bits per heavy atom.